The minimum atomic E-state index is 0.102. The van der Waals surface area contributed by atoms with E-state index in [1.54, 1.807) is 0 Å². The van der Waals surface area contributed by atoms with Crippen LogP contribution in [0.4, 0.5) is 0 Å². The number of benzene rings is 12. The molecule has 1 aromatic heterocycles. The van der Waals surface area contributed by atoms with Gasteiger partial charge in [0.05, 0.1) is 0 Å². The standard InChI is InChI=1S/C62H38Se/c1-2-17-41(18-3-1)58-47-21-6-8-23-49(47)60(50-24-9-7-22-48(50)58)43-36-37-46-55-30-15-31-56(62(55)63-57(46)38-43)61-53-27-12-10-25-51(53)59(52-26-11-13-28-54(52)61)42-34-32-40(33-35-42)45-29-14-19-39-16-4-5-20-44(39)45/h1-38H. The summed E-state index contributed by atoms with van der Waals surface area (Å²) in [6, 6.07) is 85.8. The fraction of sp³-hybridized carbons (Fsp3) is 0. The summed E-state index contributed by atoms with van der Waals surface area (Å²) in [5.41, 5.74) is 12.8. The first kappa shape index (κ1) is 36.1. The number of fused-ring (bicyclic) bond motifs is 8. The van der Waals surface area contributed by atoms with Gasteiger partial charge in [-0.05, 0) is 5.39 Å². The Morgan fingerprint density at radius 1 is 0.222 bits per heavy atom. The fourth-order valence-corrected chi connectivity index (χ4v) is 13.2. The summed E-state index contributed by atoms with van der Waals surface area (Å²) in [7, 11) is 0. The molecule has 63 heavy (non-hydrogen) atoms. The second-order valence-electron chi connectivity index (χ2n) is 16.6. The van der Waals surface area contributed by atoms with E-state index in [-0.39, 0.29) is 14.5 Å². The Bertz CT molecular complexity index is 3830. The third-order valence-electron chi connectivity index (χ3n) is 13.3. The third-order valence-corrected chi connectivity index (χ3v) is 15.8. The molecule has 12 aromatic carbocycles. The quantitative estimate of drug-likeness (QED) is 0.119. The molecule has 0 saturated carbocycles. The molecule has 0 aliphatic heterocycles. The molecule has 0 atom stereocenters. The van der Waals surface area contributed by atoms with Gasteiger partial charge in [0, 0.05) is 0 Å². The van der Waals surface area contributed by atoms with E-state index in [0.29, 0.717) is 0 Å². The van der Waals surface area contributed by atoms with Crippen LogP contribution in [-0.2, 0) is 0 Å². The molecule has 13 rings (SSSR count). The van der Waals surface area contributed by atoms with Crippen LogP contribution in [0.5, 0.6) is 0 Å². The topological polar surface area (TPSA) is 0 Å². The predicted octanol–water partition coefficient (Wildman–Crippen LogP) is 17.2. The van der Waals surface area contributed by atoms with Crippen molar-refractivity contribution in [3.63, 3.8) is 0 Å². The molecule has 0 aliphatic rings. The van der Waals surface area contributed by atoms with E-state index >= 15 is 0 Å². The number of hydrogen-bond donors (Lipinski definition) is 0. The van der Waals surface area contributed by atoms with E-state index in [1.165, 1.54) is 129 Å². The molecule has 1 heteroatoms. The van der Waals surface area contributed by atoms with Crippen LogP contribution in [0.25, 0.3) is 129 Å². The summed E-state index contributed by atoms with van der Waals surface area (Å²) in [6.07, 6.45) is 0. The first-order valence-electron chi connectivity index (χ1n) is 21.8. The predicted molar refractivity (Wildman–Crippen MR) is 273 cm³/mol. The van der Waals surface area contributed by atoms with Crippen molar-refractivity contribution >= 4 is 87.7 Å². The van der Waals surface area contributed by atoms with Crippen LogP contribution in [0.2, 0.25) is 0 Å². The molecule has 0 unspecified atom stereocenters. The second-order valence-corrected chi connectivity index (χ2v) is 18.9. The van der Waals surface area contributed by atoms with Crippen molar-refractivity contribution in [2.75, 3.05) is 0 Å². The van der Waals surface area contributed by atoms with Gasteiger partial charge < -0.3 is 0 Å². The Morgan fingerprint density at radius 3 is 1.21 bits per heavy atom. The Kier molecular flexibility index (Phi) is 8.34. The van der Waals surface area contributed by atoms with Gasteiger partial charge in [-0.1, -0.05) is 36.4 Å². The summed E-state index contributed by atoms with van der Waals surface area (Å²) in [6.45, 7) is 0. The van der Waals surface area contributed by atoms with Crippen LogP contribution in [0.1, 0.15) is 0 Å². The van der Waals surface area contributed by atoms with Gasteiger partial charge in [0.15, 0.2) is 0 Å². The van der Waals surface area contributed by atoms with Gasteiger partial charge in [0.1, 0.15) is 0 Å². The molecule has 0 N–H and O–H groups in total. The Balaban J connectivity index is 0.997. The van der Waals surface area contributed by atoms with Gasteiger partial charge in [-0.15, -0.1) is 0 Å². The molecule has 0 bridgehead atoms. The molecule has 292 valence electrons. The SMILES string of the molecule is c1ccc(-c2c3ccccc3c(-c3ccc4c(c3)[se]c3c(-c5c6ccccc6c(-c6ccc(-c7cccc8ccccc78)cc6)c6ccccc56)cccc34)c3ccccc23)cc1. The van der Waals surface area contributed by atoms with Gasteiger partial charge in [0.2, 0.25) is 0 Å². The average Bonchev–Trinajstić information content (AvgIpc) is 3.73. The van der Waals surface area contributed by atoms with Gasteiger partial charge in [0.25, 0.3) is 0 Å². The van der Waals surface area contributed by atoms with E-state index in [2.05, 4.69) is 231 Å². The molecule has 1 heterocycles. The Hall–Kier alpha value is -7.54. The molecule has 0 spiro atoms. The van der Waals surface area contributed by atoms with Crippen LogP contribution < -0.4 is 0 Å². The van der Waals surface area contributed by atoms with Crippen LogP contribution >= 0.6 is 0 Å². The van der Waals surface area contributed by atoms with Crippen LogP contribution in [-0.4, -0.2) is 14.5 Å². The van der Waals surface area contributed by atoms with Crippen LogP contribution in [0, 0.1) is 0 Å². The van der Waals surface area contributed by atoms with Crippen molar-refractivity contribution in [2.45, 2.75) is 0 Å². The van der Waals surface area contributed by atoms with Gasteiger partial charge in [-0.25, -0.2) is 0 Å². The summed E-state index contributed by atoms with van der Waals surface area (Å²) in [5, 5.41) is 15.6. The summed E-state index contributed by atoms with van der Waals surface area (Å²) in [4.78, 5) is 0. The monoisotopic (exact) mass is 862 g/mol. The molecule has 0 amide bonds. The zero-order valence-electron chi connectivity index (χ0n) is 34.3. The van der Waals surface area contributed by atoms with E-state index in [1.807, 2.05) is 0 Å². The maximum atomic E-state index is 2.51. The van der Waals surface area contributed by atoms with Gasteiger partial charge >= 0.3 is 332 Å². The van der Waals surface area contributed by atoms with Crippen LogP contribution in [0.3, 0.4) is 0 Å². The summed E-state index contributed by atoms with van der Waals surface area (Å²) < 4.78 is 2.91. The van der Waals surface area contributed by atoms with Crippen molar-refractivity contribution in [1.82, 2.24) is 0 Å². The fourth-order valence-electron chi connectivity index (χ4n) is 10.5. The second kappa shape index (κ2) is 14.5. The zero-order chi connectivity index (χ0) is 41.4. The third kappa shape index (κ3) is 5.68. The summed E-state index contributed by atoms with van der Waals surface area (Å²) in [5.74, 6) is 0. The molecular formula is C62H38Se. The van der Waals surface area contributed by atoms with E-state index < -0.39 is 0 Å². The Morgan fingerprint density at radius 2 is 0.619 bits per heavy atom. The minimum absolute atomic E-state index is 0.102. The normalized spacial score (nSPS) is 11.8. The molecule has 0 nitrogen and oxygen atoms in total. The van der Waals surface area contributed by atoms with E-state index in [9.17, 15) is 0 Å². The average molecular weight is 862 g/mol. The van der Waals surface area contributed by atoms with Crippen molar-refractivity contribution in [1.29, 1.82) is 0 Å². The Labute approximate surface area is 371 Å². The first-order chi connectivity index (χ1) is 31.3. The first-order valence-corrected chi connectivity index (χ1v) is 23.5. The van der Waals surface area contributed by atoms with Gasteiger partial charge in [-0.3, -0.25) is 0 Å². The molecule has 13 aromatic rings. The molecule has 0 saturated heterocycles. The number of rotatable bonds is 5. The molecular weight excluding hydrogens is 824 g/mol. The molecule has 0 aliphatic carbocycles. The molecule has 0 fully saturated rings. The van der Waals surface area contributed by atoms with E-state index in [4.69, 9.17) is 0 Å². The van der Waals surface area contributed by atoms with Crippen molar-refractivity contribution < 1.29 is 0 Å². The zero-order valence-corrected chi connectivity index (χ0v) is 36.1. The summed E-state index contributed by atoms with van der Waals surface area (Å²) >= 11 is 0.102. The van der Waals surface area contributed by atoms with E-state index in [0.717, 1.165) is 0 Å². The van der Waals surface area contributed by atoms with Crippen molar-refractivity contribution in [2.24, 2.45) is 0 Å². The molecule has 0 radical (unpaired) electrons. The van der Waals surface area contributed by atoms with Crippen LogP contribution in [0.15, 0.2) is 231 Å². The van der Waals surface area contributed by atoms with Crippen molar-refractivity contribution in [3.05, 3.63) is 231 Å². The number of hydrogen-bond acceptors (Lipinski definition) is 0. The van der Waals surface area contributed by atoms with Gasteiger partial charge in [-0.2, -0.15) is 0 Å². The van der Waals surface area contributed by atoms with Crippen molar-refractivity contribution in [3.8, 4) is 55.6 Å². The maximum absolute atomic E-state index is 2.51.